The molecule has 1 atom stereocenters. The molecule has 5 nitrogen and oxygen atoms in total. The third-order valence-electron chi connectivity index (χ3n) is 4.57. The molecule has 0 bridgehead atoms. The predicted molar refractivity (Wildman–Crippen MR) is 98.6 cm³/mol. The van der Waals surface area contributed by atoms with Crippen LogP contribution in [-0.2, 0) is 11.3 Å². The molecule has 1 N–H and O–H groups in total. The average Bonchev–Trinajstić information content (AvgIpc) is 3.29. The largest absolute Gasteiger partial charge is 0.467 e. The maximum atomic E-state index is 12.2. The molecule has 1 fully saturated rings. The Morgan fingerprint density at radius 2 is 2.24 bits per heavy atom. The molecule has 1 aliphatic rings. The lowest BCUT2D eigenvalue weighted by Crippen LogP contribution is -2.41. The first kappa shape index (κ1) is 16.3. The van der Waals surface area contributed by atoms with E-state index in [1.165, 1.54) is 9.71 Å². The van der Waals surface area contributed by atoms with E-state index in [4.69, 9.17) is 9.40 Å². The molecule has 3 heterocycles. The van der Waals surface area contributed by atoms with Crippen LogP contribution in [0.4, 0.5) is 0 Å². The Labute approximate surface area is 150 Å². The molecule has 1 aromatic carbocycles. The van der Waals surface area contributed by atoms with Gasteiger partial charge in [0.15, 0.2) is 0 Å². The monoisotopic (exact) mass is 355 g/mol. The van der Waals surface area contributed by atoms with Crippen LogP contribution >= 0.6 is 11.3 Å². The van der Waals surface area contributed by atoms with Gasteiger partial charge in [-0.2, -0.15) is 0 Å². The first-order valence-corrected chi connectivity index (χ1v) is 9.46. The van der Waals surface area contributed by atoms with Crippen LogP contribution in [0.2, 0.25) is 0 Å². The van der Waals surface area contributed by atoms with Crippen LogP contribution in [0.25, 0.3) is 10.2 Å². The minimum atomic E-state index is 0.0429. The van der Waals surface area contributed by atoms with Gasteiger partial charge in [0, 0.05) is 12.5 Å². The zero-order valence-corrected chi connectivity index (χ0v) is 14.8. The van der Waals surface area contributed by atoms with Gasteiger partial charge in [-0.1, -0.05) is 12.1 Å². The number of thiazole rings is 1. The van der Waals surface area contributed by atoms with Crippen molar-refractivity contribution in [1.29, 1.82) is 0 Å². The Bertz CT molecular complexity index is 810. The summed E-state index contributed by atoms with van der Waals surface area (Å²) in [5.74, 6) is 1.24. The summed E-state index contributed by atoms with van der Waals surface area (Å²) in [6, 6.07) is 12.0. The fourth-order valence-corrected chi connectivity index (χ4v) is 4.42. The molecule has 0 spiro atoms. The van der Waals surface area contributed by atoms with E-state index in [0.29, 0.717) is 19.0 Å². The quantitative estimate of drug-likeness (QED) is 0.762. The lowest BCUT2D eigenvalue weighted by Gasteiger charge is -2.31. The lowest BCUT2D eigenvalue weighted by atomic mass is 9.99. The van der Waals surface area contributed by atoms with Gasteiger partial charge >= 0.3 is 0 Å². The average molecular weight is 355 g/mol. The van der Waals surface area contributed by atoms with Gasteiger partial charge in [0.25, 0.3) is 0 Å². The summed E-state index contributed by atoms with van der Waals surface area (Å²) in [4.78, 5) is 19.2. The number of amides is 1. The highest BCUT2D eigenvalue weighted by Gasteiger charge is 2.25. The third kappa shape index (κ3) is 3.91. The fraction of sp³-hybridized carbons (Fsp3) is 0.368. The van der Waals surface area contributed by atoms with Crippen molar-refractivity contribution in [3.63, 3.8) is 0 Å². The summed E-state index contributed by atoms with van der Waals surface area (Å²) in [5.41, 5.74) is 1.08. The van der Waals surface area contributed by atoms with Gasteiger partial charge in [-0.3, -0.25) is 9.69 Å². The van der Waals surface area contributed by atoms with Crippen molar-refractivity contribution in [2.75, 3.05) is 19.6 Å². The van der Waals surface area contributed by atoms with Crippen molar-refractivity contribution < 1.29 is 9.21 Å². The van der Waals surface area contributed by atoms with E-state index < -0.39 is 0 Å². The van der Waals surface area contributed by atoms with E-state index >= 15 is 0 Å². The standard InChI is InChI=1S/C19H21N3O2S/c23-18(20-11-15-6-4-10-24-15)13-22-9-3-5-14(12-22)19-21-16-7-1-2-8-17(16)25-19/h1-2,4,6-8,10,14H,3,5,9,11-13H2,(H,20,23)/t14-/m0/s1. The van der Waals surface area contributed by atoms with Crippen molar-refractivity contribution >= 4 is 27.5 Å². The highest BCUT2D eigenvalue weighted by Crippen LogP contribution is 2.32. The van der Waals surface area contributed by atoms with Crippen molar-refractivity contribution in [1.82, 2.24) is 15.2 Å². The van der Waals surface area contributed by atoms with Gasteiger partial charge in [-0.25, -0.2) is 4.98 Å². The number of hydrogen-bond donors (Lipinski definition) is 1. The first-order valence-electron chi connectivity index (χ1n) is 8.65. The van der Waals surface area contributed by atoms with Gasteiger partial charge in [0.1, 0.15) is 5.76 Å². The molecule has 1 amide bonds. The number of rotatable bonds is 5. The second-order valence-corrected chi connectivity index (χ2v) is 7.51. The second-order valence-electron chi connectivity index (χ2n) is 6.45. The minimum Gasteiger partial charge on any atom is -0.467 e. The topological polar surface area (TPSA) is 58.4 Å². The summed E-state index contributed by atoms with van der Waals surface area (Å²) >= 11 is 1.78. The number of benzene rings is 1. The molecule has 0 aliphatic carbocycles. The van der Waals surface area contributed by atoms with Gasteiger partial charge in [-0.05, 0) is 43.7 Å². The summed E-state index contributed by atoms with van der Waals surface area (Å²) in [7, 11) is 0. The maximum absolute atomic E-state index is 12.2. The number of hydrogen-bond acceptors (Lipinski definition) is 5. The summed E-state index contributed by atoms with van der Waals surface area (Å²) < 4.78 is 6.48. The Balaban J connectivity index is 1.34. The van der Waals surface area contributed by atoms with Crippen molar-refractivity contribution in [3.05, 3.63) is 53.4 Å². The number of nitrogens with zero attached hydrogens (tertiary/aromatic N) is 2. The normalized spacial score (nSPS) is 18.5. The van der Waals surface area contributed by atoms with Gasteiger partial charge in [0.2, 0.25) is 5.91 Å². The third-order valence-corrected chi connectivity index (χ3v) is 5.77. The Hall–Kier alpha value is -2.18. The zero-order valence-electron chi connectivity index (χ0n) is 14.0. The summed E-state index contributed by atoms with van der Waals surface area (Å²) in [5, 5.41) is 4.12. The van der Waals surface area contributed by atoms with E-state index in [-0.39, 0.29) is 5.91 Å². The highest BCUT2D eigenvalue weighted by atomic mass is 32.1. The summed E-state index contributed by atoms with van der Waals surface area (Å²) in [6.07, 6.45) is 3.87. The molecule has 4 rings (SSSR count). The van der Waals surface area contributed by atoms with Crippen LogP contribution < -0.4 is 5.32 Å². The molecule has 0 radical (unpaired) electrons. The molecule has 130 valence electrons. The predicted octanol–water partition coefficient (Wildman–Crippen LogP) is 3.39. The van der Waals surface area contributed by atoms with Crippen LogP contribution in [0.15, 0.2) is 47.1 Å². The molecular formula is C19H21N3O2S. The highest BCUT2D eigenvalue weighted by molar-refractivity contribution is 7.18. The molecule has 2 aromatic heterocycles. The molecule has 0 saturated carbocycles. The van der Waals surface area contributed by atoms with E-state index in [2.05, 4.69) is 28.4 Å². The molecular weight excluding hydrogens is 334 g/mol. The van der Waals surface area contributed by atoms with Gasteiger partial charge in [0.05, 0.1) is 34.6 Å². The molecule has 1 saturated heterocycles. The number of nitrogens with one attached hydrogen (secondary N) is 1. The Kier molecular flexibility index (Phi) is 4.81. The molecule has 25 heavy (non-hydrogen) atoms. The SMILES string of the molecule is O=C(CN1CCC[C@H](c2nc3ccccc3s2)C1)NCc1ccco1. The number of para-hydroxylation sites is 1. The number of piperidine rings is 1. The van der Waals surface area contributed by atoms with Crippen LogP contribution in [0.1, 0.15) is 29.5 Å². The minimum absolute atomic E-state index is 0.0429. The van der Waals surface area contributed by atoms with Crippen LogP contribution in [0.5, 0.6) is 0 Å². The first-order chi connectivity index (χ1) is 12.3. The van der Waals surface area contributed by atoms with Crippen LogP contribution in [0.3, 0.4) is 0 Å². The summed E-state index contributed by atoms with van der Waals surface area (Å²) in [6.45, 7) is 2.74. The number of carbonyl (C=O) groups excluding carboxylic acids is 1. The Morgan fingerprint density at radius 1 is 1.32 bits per heavy atom. The number of carbonyl (C=O) groups is 1. The van der Waals surface area contributed by atoms with E-state index in [1.807, 2.05) is 18.2 Å². The molecule has 1 aliphatic heterocycles. The number of aromatic nitrogens is 1. The van der Waals surface area contributed by atoms with Crippen molar-refractivity contribution in [3.8, 4) is 0 Å². The fourth-order valence-electron chi connectivity index (χ4n) is 3.32. The van der Waals surface area contributed by atoms with Crippen LogP contribution in [0, 0.1) is 0 Å². The molecule has 6 heteroatoms. The molecule has 0 unspecified atom stereocenters. The smallest absolute Gasteiger partial charge is 0.234 e. The zero-order chi connectivity index (χ0) is 17.1. The number of likely N-dealkylation sites (tertiary alicyclic amines) is 1. The van der Waals surface area contributed by atoms with E-state index in [0.717, 1.165) is 37.2 Å². The lowest BCUT2D eigenvalue weighted by molar-refractivity contribution is -0.122. The second kappa shape index (κ2) is 7.37. The van der Waals surface area contributed by atoms with E-state index in [1.54, 1.807) is 17.6 Å². The van der Waals surface area contributed by atoms with Crippen molar-refractivity contribution in [2.24, 2.45) is 0 Å². The van der Waals surface area contributed by atoms with Gasteiger partial charge in [-0.15, -0.1) is 11.3 Å². The Morgan fingerprint density at radius 3 is 3.08 bits per heavy atom. The molecule has 3 aromatic rings. The number of furan rings is 1. The van der Waals surface area contributed by atoms with Crippen molar-refractivity contribution in [2.45, 2.75) is 25.3 Å². The maximum Gasteiger partial charge on any atom is 0.234 e. The van der Waals surface area contributed by atoms with E-state index in [9.17, 15) is 4.79 Å². The van der Waals surface area contributed by atoms with Crippen LogP contribution in [-0.4, -0.2) is 35.4 Å². The number of fused-ring (bicyclic) bond motifs is 1. The van der Waals surface area contributed by atoms with Gasteiger partial charge < -0.3 is 9.73 Å².